The molecular formula is C20H29N5O2. The minimum atomic E-state index is 0.318. The number of methoxy groups -OCH3 is 1. The minimum absolute atomic E-state index is 0.318. The Morgan fingerprint density at radius 3 is 2.63 bits per heavy atom. The van der Waals surface area contributed by atoms with Gasteiger partial charge in [-0.1, -0.05) is 6.07 Å². The van der Waals surface area contributed by atoms with E-state index in [1.807, 2.05) is 29.9 Å². The normalized spacial score (nSPS) is 15.0. The second-order valence-corrected chi connectivity index (χ2v) is 6.74. The number of ether oxygens (including phenoxy) is 2. The third-order valence-corrected chi connectivity index (χ3v) is 4.87. The number of nitrogens with one attached hydrogen (secondary N) is 2. The monoisotopic (exact) mass is 371 g/mol. The van der Waals surface area contributed by atoms with Gasteiger partial charge in [-0.2, -0.15) is 5.10 Å². The molecule has 7 nitrogen and oxygen atoms in total. The van der Waals surface area contributed by atoms with Crippen LogP contribution in [-0.4, -0.2) is 36.0 Å². The zero-order valence-corrected chi connectivity index (χ0v) is 16.4. The van der Waals surface area contributed by atoms with Crippen molar-refractivity contribution in [3.05, 3.63) is 41.7 Å². The van der Waals surface area contributed by atoms with Crippen molar-refractivity contribution in [1.82, 2.24) is 20.4 Å². The van der Waals surface area contributed by atoms with E-state index in [0.29, 0.717) is 19.2 Å². The fourth-order valence-electron chi connectivity index (χ4n) is 3.26. The summed E-state index contributed by atoms with van der Waals surface area (Å²) in [7, 11) is 5.37. The van der Waals surface area contributed by atoms with Crippen LogP contribution in [0.3, 0.4) is 0 Å². The van der Waals surface area contributed by atoms with Crippen molar-refractivity contribution in [1.29, 1.82) is 0 Å². The fraction of sp³-hybridized carbons (Fsp3) is 0.500. The summed E-state index contributed by atoms with van der Waals surface area (Å²) in [5, 5.41) is 10.8. The van der Waals surface area contributed by atoms with E-state index >= 15 is 0 Å². The number of aliphatic imine (C=N–C) groups is 1. The highest BCUT2D eigenvalue weighted by Crippen LogP contribution is 2.32. The highest BCUT2D eigenvalue weighted by molar-refractivity contribution is 5.79. The molecule has 3 rings (SSSR count). The highest BCUT2D eigenvalue weighted by atomic mass is 16.5. The molecule has 1 aliphatic carbocycles. The van der Waals surface area contributed by atoms with E-state index in [1.54, 1.807) is 20.4 Å². The van der Waals surface area contributed by atoms with Gasteiger partial charge in [0.2, 0.25) is 0 Å². The van der Waals surface area contributed by atoms with Gasteiger partial charge >= 0.3 is 0 Å². The lowest BCUT2D eigenvalue weighted by atomic mass is 10.2. The molecule has 1 fully saturated rings. The largest absolute Gasteiger partial charge is 0.493 e. The van der Waals surface area contributed by atoms with Crippen LogP contribution in [0, 0.1) is 0 Å². The third-order valence-electron chi connectivity index (χ3n) is 4.87. The molecule has 27 heavy (non-hydrogen) atoms. The highest BCUT2D eigenvalue weighted by Gasteiger charge is 2.18. The van der Waals surface area contributed by atoms with Crippen molar-refractivity contribution in [3.63, 3.8) is 0 Å². The molecule has 1 aliphatic rings. The summed E-state index contributed by atoms with van der Waals surface area (Å²) in [6.45, 7) is 1.30. The van der Waals surface area contributed by atoms with Gasteiger partial charge in [0.25, 0.3) is 0 Å². The number of nitrogens with zero attached hydrogens (tertiary/aromatic N) is 3. The van der Waals surface area contributed by atoms with Crippen molar-refractivity contribution in [3.8, 4) is 11.5 Å². The van der Waals surface area contributed by atoms with Crippen molar-refractivity contribution in [2.45, 2.75) is 44.9 Å². The van der Waals surface area contributed by atoms with Gasteiger partial charge < -0.3 is 20.1 Å². The quantitative estimate of drug-likeness (QED) is 0.578. The average molecular weight is 371 g/mol. The average Bonchev–Trinajstić information content (AvgIpc) is 3.34. The topological polar surface area (TPSA) is 72.7 Å². The number of aryl methyl sites for hydroxylation is 1. The Balaban J connectivity index is 1.55. The number of hydrogen-bond donors (Lipinski definition) is 2. The molecule has 1 saturated carbocycles. The Kier molecular flexibility index (Phi) is 6.57. The molecule has 2 aromatic rings. The van der Waals surface area contributed by atoms with Crippen molar-refractivity contribution in [2.75, 3.05) is 14.2 Å². The third kappa shape index (κ3) is 5.15. The maximum Gasteiger partial charge on any atom is 0.191 e. The van der Waals surface area contributed by atoms with Crippen LogP contribution < -0.4 is 20.1 Å². The lowest BCUT2D eigenvalue weighted by molar-refractivity contribution is 0.200. The molecule has 1 aromatic carbocycles. The molecule has 0 spiro atoms. The Hall–Kier alpha value is -2.70. The summed E-state index contributed by atoms with van der Waals surface area (Å²) >= 11 is 0. The van der Waals surface area contributed by atoms with Crippen molar-refractivity contribution in [2.24, 2.45) is 12.0 Å². The number of guanidine groups is 1. The molecule has 0 amide bonds. The lowest BCUT2D eigenvalue weighted by Crippen LogP contribution is -2.36. The van der Waals surface area contributed by atoms with Crippen LogP contribution in [0.4, 0.5) is 0 Å². The van der Waals surface area contributed by atoms with Gasteiger partial charge in [-0.25, -0.2) is 0 Å². The zero-order valence-electron chi connectivity index (χ0n) is 16.4. The summed E-state index contributed by atoms with van der Waals surface area (Å²) in [6.07, 6.45) is 6.86. The Morgan fingerprint density at radius 1 is 1.19 bits per heavy atom. The maximum atomic E-state index is 6.10. The summed E-state index contributed by atoms with van der Waals surface area (Å²) in [4.78, 5) is 4.27. The van der Waals surface area contributed by atoms with Gasteiger partial charge in [-0.3, -0.25) is 9.67 Å². The Morgan fingerprint density at radius 2 is 1.96 bits per heavy atom. The van der Waals surface area contributed by atoms with E-state index < -0.39 is 0 Å². The summed E-state index contributed by atoms with van der Waals surface area (Å²) < 4.78 is 13.5. The summed E-state index contributed by atoms with van der Waals surface area (Å²) in [5.41, 5.74) is 2.20. The van der Waals surface area contributed by atoms with E-state index in [-0.39, 0.29) is 0 Å². The number of benzene rings is 1. The number of rotatable bonds is 7. The first-order valence-electron chi connectivity index (χ1n) is 9.44. The predicted molar refractivity (Wildman–Crippen MR) is 106 cm³/mol. The first kappa shape index (κ1) is 19.1. The van der Waals surface area contributed by atoms with E-state index in [4.69, 9.17) is 9.47 Å². The Bertz CT molecular complexity index is 765. The first-order chi connectivity index (χ1) is 13.2. The molecule has 1 aromatic heterocycles. The van der Waals surface area contributed by atoms with Crippen molar-refractivity contribution >= 4 is 5.96 Å². The van der Waals surface area contributed by atoms with Gasteiger partial charge in [0.15, 0.2) is 17.5 Å². The standard InChI is InChI=1S/C20H29N5O2/c1-21-20(23-14-16-10-11-24-25(16)2)22-13-15-8-9-18(19(12-15)26-3)27-17-6-4-5-7-17/h8-12,17H,4-7,13-14H2,1-3H3,(H2,21,22,23). The zero-order chi connectivity index (χ0) is 19.1. The first-order valence-corrected chi connectivity index (χ1v) is 9.44. The molecule has 7 heteroatoms. The summed E-state index contributed by atoms with van der Waals surface area (Å²) in [5.74, 6) is 2.34. The molecule has 0 unspecified atom stereocenters. The van der Waals surface area contributed by atoms with Crippen LogP contribution >= 0.6 is 0 Å². The van der Waals surface area contributed by atoms with Crippen LogP contribution in [0.25, 0.3) is 0 Å². The van der Waals surface area contributed by atoms with Crippen LogP contribution in [0.5, 0.6) is 11.5 Å². The molecular weight excluding hydrogens is 342 g/mol. The molecule has 0 atom stereocenters. The van der Waals surface area contributed by atoms with E-state index in [9.17, 15) is 0 Å². The van der Waals surface area contributed by atoms with E-state index in [0.717, 1.165) is 41.6 Å². The van der Waals surface area contributed by atoms with Crippen LogP contribution in [0.15, 0.2) is 35.5 Å². The number of aromatic nitrogens is 2. The second kappa shape index (κ2) is 9.30. The molecule has 2 N–H and O–H groups in total. The maximum absolute atomic E-state index is 6.10. The second-order valence-electron chi connectivity index (χ2n) is 6.74. The van der Waals surface area contributed by atoms with Gasteiger partial charge in [0.05, 0.1) is 25.5 Å². The summed E-state index contributed by atoms with van der Waals surface area (Å²) in [6, 6.07) is 8.06. The molecule has 0 radical (unpaired) electrons. The predicted octanol–water partition coefficient (Wildman–Crippen LogP) is 2.62. The van der Waals surface area contributed by atoms with E-state index in [1.165, 1.54) is 12.8 Å². The van der Waals surface area contributed by atoms with Gasteiger partial charge in [-0.15, -0.1) is 0 Å². The lowest BCUT2D eigenvalue weighted by Gasteiger charge is -2.17. The van der Waals surface area contributed by atoms with Gasteiger partial charge in [-0.05, 0) is 49.4 Å². The molecule has 0 aliphatic heterocycles. The van der Waals surface area contributed by atoms with Crippen LogP contribution in [-0.2, 0) is 20.1 Å². The van der Waals surface area contributed by atoms with Gasteiger partial charge in [0, 0.05) is 26.8 Å². The molecule has 146 valence electrons. The molecule has 0 bridgehead atoms. The van der Waals surface area contributed by atoms with E-state index in [2.05, 4.69) is 26.8 Å². The SMILES string of the molecule is CN=C(NCc1ccc(OC2CCCC2)c(OC)c1)NCc1ccnn1C. The smallest absolute Gasteiger partial charge is 0.191 e. The minimum Gasteiger partial charge on any atom is -0.493 e. The Labute approximate surface area is 160 Å². The van der Waals surface area contributed by atoms with Crippen LogP contribution in [0.1, 0.15) is 36.9 Å². The fourth-order valence-corrected chi connectivity index (χ4v) is 3.26. The van der Waals surface area contributed by atoms with Crippen molar-refractivity contribution < 1.29 is 9.47 Å². The van der Waals surface area contributed by atoms with Crippen LogP contribution in [0.2, 0.25) is 0 Å². The molecule has 0 saturated heterocycles. The van der Waals surface area contributed by atoms with Gasteiger partial charge in [0.1, 0.15) is 0 Å². The molecule has 1 heterocycles. The number of hydrogen-bond acceptors (Lipinski definition) is 4.